The summed E-state index contributed by atoms with van der Waals surface area (Å²) in [6.07, 6.45) is 0. The molecular formula is C15H12Cl2N2O3. The first-order chi connectivity index (χ1) is 10.5. The molecule has 2 aromatic rings. The highest BCUT2D eigenvalue weighted by molar-refractivity contribution is 6.32. The molecule has 0 fully saturated rings. The van der Waals surface area contributed by atoms with E-state index in [4.69, 9.17) is 27.9 Å². The summed E-state index contributed by atoms with van der Waals surface area (Å²) in [6, 6.07) is 11.7. The monoisotopic (exact) mass is 338 g/mol. The van der Waals surface area contributed by atoms with Crippen LogP contribution in [0.5, 0.6) is 0 Å². The van der Waals surface area contributed by atoms with E-state index in [2.05, 4.69) is 4.98 Å². The van der Waals surface area contributed by atoms with Crippen LogP contribution in [-0.2, 0) is 9.53 Å². The number of carbonyl (C=O) groups excluding carboxylic acids is 2. The minimum Gasteiger partial charge on any atom is -0.452 e. The summed E-state index contributed by atoms with van der Waals surface area (Å²) in [6.45, 7) is -0.387. The predicted octanol–water partition coefficient (Wildman–Crippen LogP) is 3.21. The van der Waals surface area contributed by atoms with Gasteiger partial charge in [0.05, 0.1) is 5.56 Å². The van der Waals surface area contributed by atoms with Gasteiger partial charge in [-0.1, -0.05) is 41.4 Å². The molecule has 0 aliphatic carbocycles. The van der Waals surface area contributed by atoms with Crippen LogP contribution in [0.25, 0.3) is 0 Å². The fourth-order valence-corrected chi connectivity index (χ4v) is 2.15. The van der Waals surface area contributed by atoms with Crippen molar-refractivity contribution in [3.05, 3.63) is 58.3 Å². The zero-order valence-electron chi connectivity index (χ0n) is 11.6. The molecule has 2 rings (SSSR count). The van der Waals surface area contributed by atoms with E-state index in [0.717, 1.165) is 0 Å². The number of halogens is 2. The van der Waals surface area contributed by atoms with E-state index in [1.807, 2.05) is 18.2 Å². The largest absolute Gasteiger partial charge is 0.452 e. The summed E-state index contributed by atoms with van der Waals surface area (Å²) in [7, 11) is 1.60. The Morgan fingerprint density at radius 1 is 1.14 bits per heavy atom. The van der Waals surface area contributed by atoms with Gasteiger partial charge in [-0.05, 0) is 24.3 Å². The second-order valence-electron chi connectivity index (χ2n) is 4.37. The van der Waals surface area contributed by atoms with Crippen LogP contribution in [0.15, 0.2) is 42.5 Å². The van der Waals surface area contributed by atoms with E-state index in [-0.39, 0.29) is 28.4 Å². The fraction of sp³-hybridized carbons (Fsp3) is 0.133. The summed E-state index contributed by atoms with van der Waals surface area (Å²) >= 11 is 11.4. The highest BCUT2D eigenvalue weighted by atomic mass is 35.5. The van der Waals surface area contributed by atoms with Crippen molar-refractivity contribution in [2.24, 2.45) is 0 Å². The molecule has 7 heteroatoms. The Bertz CT molecular complexity index is 672. The molecule has 0 spiro atoms. The second-order valence-corrected chi connectivity index (χ2v) is 5.14. The van der Waals surface area contributed by atoms with Gasteiger partial charge in [-0.3, -0.25) is 4.79 Å². The summed E-state index contributed by atoms with van der Waals surface area (Å²) in [4.78, 5) is 29.0. The van der Waals surface area contributed by atoms with Gasteiger partial charge in [0.2, 0.25) is 0 Å². The van der Waals surface area contributed by atoms with E-state index in [9.17, 15) is 9.59 Å². The standard InChI is InChI=1S/C15H12Cl2N2O3/c1-19(11-5-3-2-4-6-11)14(20)9-22-15(21)10-7-12(16)18-13(17)8-10/h2-8H,9H2,1H3. The Hall–Kier alpha value is -2.11. The molecule has 1 aromatic heterocycles. The van der Waals surface area contributed by atoms with Gasteiger partial charge in [-0.15, -0.1) is 0 Å². The SMILES string of the molecule is CN(C(=O)COC(=O)c1cc(Cl)nc(Cl)c1)c1ccccc1. The number of benzene rings is 1. The van der Waals surface area contributed by atoms with Crippen LogP contribution in [0.3, 0.4) is 0 Å². The lowest BCUT2D eigenvalue weighted by Crippen LogP contribution is -2.31. The average molecular weight is 339 g/mol. The van der Waals surface area contributed by atoms with Crippen LogP contribution in [0.4, 0.5) is 5.69 Å². The van der Waals surface area contributed by atoms with Gasteiger partial charge in [-0.25, -0.2) is 9.78 Å². The van der Waals surface area contributed by atoms with Crippen LogP contribution in [-0.4, -0.2) is 30.5 Å². The van der Waals surface area contributed by atoms with Crippen LogP contribution in [0, 0.1) is 0 Å². The van der Waals surface area contributed by atoms with Crippen molar-refractivity contribution in [2.45, 2.75) is 0 Å². The lowest BCUT2D eigenvalue weighted by atomic mass is 10.3. The first kappa shape index (κ1) is 16.3. The number of likely N-dealkylation sites (N-methyl/N-ethyl adjacent to an activating group) is 1. The number of carbonyl (C=O) groups is 2. The molecule has 0 aliphatic rings. The number of esters is 1. The van der Waals surface area contributed by atoms with E-state index in [1.165, 1.54) is 17.0 Å². The number of ether oxygens (including phenoxy) is 1. The van der Waals surface area contributed by atoms with E-state index in [1.54, 1.807) is 19.2 Å². The number of anilines is 1. The van der Waals surface area contributed by atoms with Gasteiger partial charge < -0.3 is 9.64 Å². The Morgan fingerprint density at radius 2 is 1.73 bits per heavy atom. The molecule has 1 aromatic carbocycles. The van der Waals surface area contributed by atoms with Crippen molar-refractivity contribution in [2.75, 3.05) is 18.6 Å². The lowest BCUT2D eigenvalue weighted by molar-refractivity contribution is -0.121. The van der Waals surface area contributed by atoms with Gasteiger partial charge in [0, 0.05) is 12.7 Å². The van der Waals surface area contributed by atoms with E-state index in [0.29, 0.717) is 5.69 Å². The highest BCUT2D eigenvalue weighted by Crippen LogP contribution is 2.16. The Morgan fingerprint density at radius 3 is 2.32 bits per heavy atom. The zero-order valence-corrected chi connectivity index (χ0v) is 13.1. The van der Waals surface area contributed by atoms with Crippen molar-refractivity contribution in [1.29, 1.82) is 0 Å². The number of hydrogen-bond acceptors (Lipinski definition) is 4. The maximum absolute atomic E-state index is 12.0. The Kier molecular flexibility index (Phi) is 5.35. The van der Waals surface area contributed by atoms with Crippen molar-refractivity contribution in [3.63, 3.8) is 0 Å². The number of aromatic nitrogens is 1. The molecular weight excluding hydrogens is 327 g/mol. The maximum Gasteiger partial charge on any atom is 0.338 e. The normalized spacial score (nSPS) is 10.1. The lowest BCUT2D eigenvalue weighted by Gasteiger charge is -2.17. The molecule has 0 bridgehead atoms. The summed E-state index contributed by atoms with van der Waals surface area (Å²) in [5.74, 6) is -1.05. The van der Waals surface area contributed by atoms with Gasteiger partial charge in [-0.2, -0.15) is 0 Å². The van der Waals surface area contributed by atoms with E-state index >= 15 is 0 Å². The zero-order chi connectivity index (χ0) is 16.1. The molecule has 114 valence electrons. The predicted molar refractivity (Wildman–Crippen MR) is 84.4 cm³/mol. The summed E-state index contributed by atoms with van der Waals surface area (Å²) in [5.41, 5.74) is 0.846. The molecule has 0 N–H and O–H groups in total. The third-order valence-corrected chi connectivity index (χ3v) is 3.23. The Labute approximate surface area is 137 Å². The van der Waals surface area contributed by atoms with Crippen LogP contribution in [0.2, 0.25) is 10.3 Å². The number of para-hydroxylation sites is 1. The summed E-state index contributed by atoms with van der Waals surface area (Å²) in [5, 5.41) is 0.152. The third-order valence-electron chi connectivity index (χ3n) is 2.84. The van der Waals surface area contributed by atoms with Gasteiger partial charge in [0.1, 0.15) is 10.3 Å². The number of pyridine rings is 1. The first-order valence-corrected chi connectivity index (χ1v) is 7.05. The molecule has 1 amide bonds. The Balaban J connectivity index is 1.97. The molecule has 22 heavy (non-hydrogen) atoms. The maximum atomic E-state index is 12.0. The number of rotatable bonds is 4. The first-order valence-electron chi connectivity index (χ1n) is 6.29. The van der Waals surface area contributed by atoms with Crippen molar-refractivity contribution in [1.82, 2.24) is 4.98 Å². The number of amides is 1. The summed E-state index contributed by atoms with van der Waals surface area (Å²) < 4.78 is 4.97. The molecule has 1 heterocycles. The van der Waals surface area contributed by atoms with Crippen molar-refractivity contribution >= 4 is 40.8 Å². The van der Waals surface area contributed by atoms with Crippen LogP contribution in [0.1, 0.15) is 10.4 Å². The molecule has 0 saturated heterocycles. The van der Waals surface area contributed by atoms with Gasteiger partial charge in [0.25, 0.3) is 5.91 Å². The molecule has 0 radical (unpaired) electrons. The number of nitrogens with zero attached hydrogens (tertiary/aromatic N) is 2. The molecule has 0 saturated carbocycles. The third kappa shape index (κ3) is 4.19. The molecule has 0 atom stereocenters. The van der Waals surface area contributed by atoms with Crippen LogP contribution < -0.4 is 4.90 Å². The second kappa shape index (κ2) is 7.24. The molecule has 5 nitrogen and oxygen atoms in total. The van der Waals surface area contributed by atoms with Crippen molar-refractivity contribution < 1.29 is 14.3 Å². The smallest absolute Gasteiger partial charge is 0.338 e. The van der Waals surface area contributed by atoms with E-state index < -0.39 is 5.97 Å². The molecule has 0 aliphatic heterocycles. The minimum absolute atomic E-state index is 0.0761. The minimum atomic E-state index is -0.694. The quantitative estimate of drug-likeness (QED) is 0.634. The van der Waals surface area contributed by atoms with Crippen molar-refractivity contribution in [3.8, 4) is 0 Å². The van der Waals surface area contributed by atoms with Crippen LogP contribution >= 0.6 is 23.2 Å². The average Bonchev–Trinajstić information content (AvgIpc) is 2.51. The topological polar surface area (TPSA) is 59.5 Å². The molecule has 0 unspecified atom stereocenters. The van der Waals surface area contributed by atoms with Gasteiger partial charge in [0.15, 0.2) is 6.61 Å². The van der Waals surface area contributed by atoms with Gasteiger partial charge >= 0.3 is 5.97 Å². The number of hydrogen-bond donors (Lipinski definition) is 0. The fourth-order valence-electron chi connectivity index (χ4n) is 1.69. The highest BCUT2D eigenvalue weighted by Gasteiger charge is 2.15.